The van der Waals surface area contributed by atoms with Gasteiger partial charge in [-0.05, 0) is 28.1 Å². The molecule has 0 heterocycles. The van der Waals surface area contributed by atoms with Crippen molar-refractivity contribution in [1.29, 1.82) is 5.26 Å². The van der Waals surface area contributed by atoms with Crippen molar-refractivity contribution in [1.82, 2.24) is 0 Å². The van der Waals surface area contributed by atoms with Crippen LogP contribution in [-0.4, -0.2) is 0 Å². The zero-order valence-electron chi connectivity index (χ0n) is 5.44. The van der Waals surface area contributed by atoms with Gasteiger partial charge in [0.15, 0.2) is 0 Å². The molecule has 0 radical (unpaired) electrons. The fourth-order valence-corrected chi connectivity index (χ4v) is 1.01. The molecule has 56 valence electrons. The maximum atomic E-state index is 12.7. The van der Waals surface area contributed by atoms with E-state index < -0.39 is 5.82 Å². The minimum atomic E-state index is -0.512. The standard InChI is InChI=1S/C7H4BrFN2/c8-7-4(3-10)1-5(11)2-6(7)9/h1-2H,11H2. The Kier molecular flexibility index (Phi) is 2.11. The molecule has 1 aromatic rings. The normalized spacial score (nSPS) is 9.18. The van der Waals surface area contributed by atoms with Crippen LogP contribution in [0.4, 0.5) is 10.1 Å². The molecule has 0 aromatic heterocycles. The van der Waals surface area contributed by atoms with Crippen LogP contribution >= 0.6 is 15.9 Å². The molecule has 2 nitrogen and oxygen atoms in total. The SMILES string of the molecule is N#Cc1cc(N)cc(F)c1Br. The second-order valence-corrected chi connectivity index (χ2v) is 2.77. The maximum absolute atomic E-state index is 12.7. The summed E-state index contributed by atoms with van der Waals surface area (Å²) in [6, 6.07) is 4.38. The van der Waals surface area contributed by atoms with Crippen LogP contribution in [0.1, 0.15) is 5.56 Å². The minimum absolute atomic E-state index is 0.161. The lowest BCUT2D eigenvalue weighted by Gasteiger charge is -1.98. The number of benzene rings is 1. The van der Waals surface area contributed by atoms with Crippen molar-refractivity contribution in [3.63, 3.8) is 0 Å². The molecule has 4 heteroatoms. The van der Waals surface area contributed by atoms with Crippen LogP contribution in [0.15, 0.2) is 16.6 Å². The summed E-state index contributed by atoms with van der Waals surface area (Å²) in [6.45, 7) is 0. The van der Waals surface area contributed by atoms with Crippen molar-refractivity contribution in [2.45, 2.75) is 0 Å². The molecule has 2 N–H and O–H groups in total. The molecule has 0 saturated carbocycles. The average Bonchev–Trinajstić information content (AvgIpc) is 1.96. The van der Waals surface area contributed by atoms with Gasteiger partial charge in [-0.1, -0.05) is 0 Å². The molecule has 11 heavy (non-hydrogen) atoms. The van der Waals surface area contributed by atoms with E-state index in [1.807, 2.05) is 6.07 Å². The highest BCUT2D eigenvalue weighted by Gasteiger charge is 2.05. The maximum Gasteiger partial charge on any atom is 0.140 e. The van der Waals surface area contributed by atoms with E-state index in [2.05, 4.69) is 15.9 Å². The van der Waals surface area contributed by atoms with Crippen LogP contribution in [0.3, 0.4) is 0 Å². The lowest BCUT2D eigenvalue weighted by molar-refractivity contribution is 0.621. The Labute approximate surface area is 71.6 Å². The molecule has 0 bridgehead atoms. The molecular formula is C7H4BrFN2. The van der Waals surface area contributed by atoms with E-state index in [0.717, 1.165) is 6.07 Å². The van der Waals surface area contributed by atoms with Gasteiger partial charge in [-0.15, -0.1) is 0 Å². The van der Waals surface area contributed by atoms with Gasteiger partial charge >= 0.3 is 0 Å². The quantitative estimate of drug-likeness (QED) is 0.673. The Morgan fingerprint density at radius 3 is 2.73 bits per heavy atom. The van der Waals surface area contributed by atoms with Gasteiger partial charge in [0, 0.05) is 5.69 Å². The van der Waals surface area contributed by atoms with Gasteiger partial charge in [-0.25, -0.2) is 4.39 Å². The van der Waals surface area contributed by atoms with E-state index >= 15 is 0 Å². The van der Waals surface area contributed by atoms with Crippen LogP contribution in [0, 0.1) is 17.1 Å². The number of hydrogen-bond acceptors (Lipinski definition) is 2. The number of nitrogens with zero attached hydrogens (tertiary/aromatic N) is 1. The summed E-state index contributed by atoms with van der Waals surface area (Å²) in [4.78, 5) is 0. The molecule has 0 atom stereocenters. The van der Waals surface area contributed by atoms with E-state index in [1.165, 1.54) is 6.07 Å². The Balaban J connectivity index is 3.39. The highest BCUT2D eigenvalue weighted by atomic mass is 79.9. The van der Waals surface area contributed by atoms with Gasteiger partial charge in [-0.3, -0.25) is 0 Å². The van der Waals surface area contributed by atoms with E-state index in [4.69, 9.17) is 11.0 Å². The highest BCUT2D eigenvalue weighted by molar-refractivity contribution is 9.10. The van der Waals surface area contributed by atoms with Crippen LogP contribution in [0.25, 0.3) is 0 Å². The summed E-state index contributed by atoms with van der Waals surface area (Å²) in [5, 5.41) is 8.47. The third-order valence-electron chi connectivity index (χ3n) is 1.17. The monoisotopic (exact) mass is 214 g/mol. The first kappa shape index (κ1) is 8.02. The van der Waals surface area contributed by atoms with Crippen molar-refractivity contribution < 1.29 is 4.39 Å². The number of nitrogen functional groups attached to an aromatic ring is 1. The minimum Gasteiger partial charge on any atom is -0.399 e. The van der Waals surface area contributed by atoms with E-state index in [9.17, 15) is 4.39 Å². The van der Waals surface area contributed by atoms with Crippen molar-refractivity contribution in [2.75, 3.05) is 5.73 Å². The smallest absolute Gasteiger partial charge is 0.140 e. The molecule has 0 unspecified atom stereocenters. The predicted molar refractivity (Wildman–Crippen MR) is 43.2 cm³/mol. The van der Waals surface area contributed by atoms with Gasteiger partial charge in [-0.2, -0.15) is 5.26 Å². The number of rotatable bonds is 0. The number of halogens is 2. The topological polar surface area (TPSA) is 49.8 Å². The summed E-state index contributed by atoms with van der Waals surface area (Å²) in [6.07, 6.45) is 0. The van der Waals surface area contributed by atoms with E-state index in [-0.39, 0.29) is 15.7 Å². The van der Waals surface area contributed by atoms with E-state index in [0.29, 0.717) is 0 Å². The summed E-state index contributed by atoms with van der Waals surface area (Å²) >= 11 is 2.92. The molecule has 0 aliphatic rings. The van der Waals surface area contributed by atoms with Crippen LogP contribution in [0.5, 0.6) is 0 Å². The van der Waals surface area contributed by atoms with Crippen LogP contribution < -0.4 is 5.73 Å². The summed E-state index contributed by atoms with van der Waals surface area (Å²) in [5.74, 6) is -0.512. The van der Waals surface area contributed by atoms with Gasteiger partial charge in [0.25, 0.3) is 0 Å². The summed E-state index contributed by atoms with van der Waals surface area (Å²) in [7, 11) is 0. The van der Waals surface area contributed by atoms with Gasteiger partial charge in [0.05, 0.1) is 10.0 Å². The molecule has 0 amide bonds. The fourth-order valence-electron chi connectivity index (χ4n) is 0.691. The zero-order chi connectivity index (χ0) is 8.43. The zero-order valence-corrected chi connectivity index (χ0v) is 7.02. The number of anilines is 1. The molecule has 0 spiro atoms. The molecule has 0 aliphatic carbocycles. The predicted octanol–water partition coefficient (Wildman–Crippen LogP) is 2.04. The molecule has 0 saturated heterocycles. The molecule has 1 aromatic carbocycles. The lowest BCUT2D eigenvalue weighted by atomic mass is 10.2. The number of nitrogens with two attached hydrogens (primary N) is 1. The number of hydrogen-bond donors (Lipinski definition) is 1. The van der Waals surface area contributed by atoms with Gasteiger partial charge < -0.3 is 5.73 Å². The third kappa shape index (κ3) is 1.49. The fraction of sp³-hybridized carbons (Fsp3) is 0. The largest absolute Gasteiger partial charge is 0.399 e. The molecular weight excluding hydrogens is 211 g/mol. The lowest BCUT2D eigenvalue weighted by Crippen LogP contribution is -1.90. The Morgan fingerprint density at radius 2 is 2.18 bits per heavy atom. The van der Waals surface area contributed by atoms with Gasteiger partial charge in [0.2, 0.25) is 0 Å². The van der Waals surface area contributed by atoms with E-state index in [1.54, 1.807) is 0 Å². The first-order valence-corrected chi connectivity index (χ1v) is 3.59. The second kappa shape index (κ2) is 2.89. The van der Waals surface area contributed by atoms with Crippen molar-refractivity contribution >= 4 is 21.6 Å². The average molecular weight is 215 g/mol. The van der Waals surface area contributed by atoms with Crippen LogP contribution in [-0.2, 0) is 0 Å². The van der Waals surface area contributed by atoms with Crippen molar-refractivity contribution in [2.24, 2.45) is 0 Å². The summed E-state index contributed by atoms with van der Waals surface area (Å²) < 4.78 is 12.9. The highest BCUT2D eigenvalue weighted by Crippen LogP contribution is 2.22. The first-order chi connectivity index (χ1) is 5.15. The molecule has 1 rings (SSSR count). The molecule has 0 fully saturated rings. The molecule has 0 aliphatic heterocycles. The van der Waals surface area contributed by atoms with Crippen LogP contribution in [0.2, 0.25) is 0 Å². The van der Waals surface area contributed by atoms with Crippen molar-refractivity contribution in [3.05, 3.63) is 28.0 Å². The van der Waals surface area contributed by atoms with Gasteiger partial charge in [0.1, 0.15) is 11.9 Å². The Bertz CT molecular complexity index is 330. The Hall–Kier alpha value is -1.08. The summed E-state index contributed by atoms with van der Waals surface area (Å²) in [5.41, 5.74) is 5.75. The first-order valence-electron chi connectivity index (χ1n) is 2.79. The second-order valence-electron chi connectivity index (χ2n) is 1.98. The third-order valence-corrected chi connectivity index (χ3v) is 1.98. The Morgan fingerprint density at radius 1 is 1.55 bits per heavy atom. The number of nitriles is 1. The van der Waals surface area contributed by atoms with Crippen molar-refractivity contribution in [3.8, 4) is 6.07 Å².